The van der Waals surface area contributed by atoms with Crippen LogP contribution in [0.2, 0.25) is 0 Å². The highest BCUT2D eigenvalue weighted by Crippen LogP contribution is 2.15. The molecule has 1 fully saturated rings. The van der Waals surface area contributed by atoms with Crippen LogP contribution < -0.4 is 15.2 Å². The molecule has 0 aromatic rings. The lowest BCUT2D eigenvalue weighted by molar-refractivity contribution is -0.120. The summed E-state index contributed by atoms with van der Waals surface area (Å²) < 4.78 is 28.5. The lowest BCUT2D eigenvalue weighted by atomic mass is 10.2. The van der Waals surface area contributed by atoms with Gasteiger partial charge in [0.05, 0.1) is 6.54 Å². The summed E-state index contributed by atoms with van der Waals surface area (Å²) in [5.41, 5.74) is -0.572. The van der Waals surface area contributed by atoms with Gasteiger partial charge in [-0.2, -0.15) is 13.1 Å². The molecule has 0 unspecified atom stereocenters. The van der Waals surface area contributed by atoms with Gasteiger partial charge in [-0.25, -0.2) is 9.93 Å². The fourth-order valence-corrected chi connectivity index (χ4v) is 2.15. The Morgan fingerprint density at radius 3 is 2.52 bits per heavy atom. The van der Waals surface area contributed by atoms with Crippen molar-refractivity contribution in [1.82, 2.24) is 14.9 Å². The largest absolute Gasteiger partial charge is 0.444 e. The van der Waals surface area contributed by atoms with E-state index in [0.717, 1.165) is 0 Å². The van der Waals surface area contributed by atoms with E-state index < -0.39 is 34.4 Å². The molecule has 0 spiro atoms. The van der Waals surface area contributed by atoms with Crippen LogP contribution in [-0.2, 0) is 19.7 Å². The maximum Gasteiger partial charge on any atom is 0.410 e. The minimum Gasteiger partial charge on any atom is -0.444 e. The molecule has 122 valence electrons. The molecule has 0 bridgehead atoms. The lowest BCUT2D eigenvalue weighted by Crippen LogP contribution is -2.45. The summed E-state index contributed by atoms with van der Waals surface area (Å²) >= 11 is 0. The van der Waals surface area contributed by atoms with Crippen LogP contribution in [0.5, 0.6) is 0 Å². The van der Waals surface area contributed by atoms with Crippen LogP contribution in [0, 0.1) is 0 Å². The maximum atomic E-state index is 11.8. The topological polar surface area (TPSA) is 131 Å². The molecule has 0 aromatic heterocycles. The normalized spacial score (nSPS) is 19.4. The highest BCUT2D eigenvalue weighted by atomic mass is 32.2. The van der Waals surface area contributed by atoms with Crippen LogP contribution in [0.1, 0.15) is 27.2 Å². The average molecular weight is 322 g/mol. The SMILES string of the molecule is CC(C)(C)OC(=O)N1CC[C@H](NC(=O)CNS(N)(=O)=O)C1. The number of hydrogen-bond donors (Lipinski definition) is 3. The predicted molar refractivity (Wildman–Crippen MR) is 75.5 cm³/mol. The monoisotopic (exact) mass is 322 g/mol. The molecule has 10 heteroatoms. The van der Waals surface area contributed by atoms with Crippen LogP contribution in [0.3, 0.4) is 0 Å². The molecule has 2 amide bonds. The number of amides is 2. The lowest BCUT2D eigenvalue weighted by Gasteiger charge is -2.24. The first-order chi connectivity index (χ1) is 9.46. The number of likely N-dealkylation sites (tertiary alicyclic amines) is 1. The van der Waals surface area contributed by atoms with Gasteiger partial charge in [0.2, 0.25) is 5.91 Å². The van der Waals surface area contributed by atoms with E-state index in [-0.39, 0.29) is 6.04 Å². The van der Waals surface area contributed by atoms with Crippen LogP contribution in [0.15, 0.2) is 0 Å². The van der Waals surface area contributed by atoms with Crippen LogP contribution in [-0.4, -0.2) is 56.6 Å². The zero-order valence-electron chi connectivity index (χ0n) is 12.4. The Hall–Kier alpha value is -1.39. The number of nitrogens with zero attached hydrogens (tertiary/aromatic N) is 1. The Bertz CT molecular complexity index is 499. The third kappa shape index (κ3) is 7.25. The second kappa shape index (κ2) is 6.58. The molecule has 9 nitrogen and oxygen atoms in total. The van der Waals surface area contributed by atoms with Gasteiger partial charge in [-0.1, -0.05) is 0 Å². The highest BCUT2D eigenvalue weighted by Gasteiger charge is 2.30. The van der Waals surface area contributed by atoms with Crippen LogP contribution >= 0.6 is 0 Å². The molecule has 1 atom stereocenters. The van der Waals surface area contributed by atoms with Gasteiger partial charge in [0.25, 0.3) is 10.2 Å². The van der Waals surface area contributed by atoms with E-state index in [4.69, 9.17) is 9.88 Å². The number of hydrogen-bond acceptors (Lipinski definition) is 5. The summed E-state index contributed by atoms with van der Waals surface area (Å²) in [6.45, 7) is 5.71. The fraction of sp³-hybridized carbons (Fsp3) is 0.818. The highest BCUT2D eigenvalue weighted by molar-refractivity contribution is 7.87. The van der Waals surface area contributed by atoms with Crippen molar-refractivity contribution >= 4 is 22.2 Å². The van der Waals surface area contributed by atoms with E-state index in [1.807, 2.05) is 4.72 Å². The zero-order chi connectivity index (χ0) is 16.3. The minimum absolute atomic E-state index is 0.229. The van der Waals surface area contributed by atoms with Gasteiger partial charge in [-0.3, -0.25) is 4.79 Å². The summed E-state index contributed by atoms with van der Waals surface area (Å²) in [6, 6.07) is -0.229. The summed E-state index contributed by atoms with van der Waals surface area (Å²) in [5, 5.41) is 7.35. The van der Waals surface area contributed by atoms with E-state index in [1.54, 1.807) is 20.8 Å². The number of nitrogens with one attached hydrogen (secondary N) is 2. The van der Waals surface area contributed by atoms with Gasteiger partial charge < -0.3 is 15.0 Å². The Labute approximate surface area is 124 Å². The first-order valence-corrected chi connectivity index (χ1v) is 8.05. The van der Waals surface area contributed by atoms with Crippen molar-refractivity contribution < 1.29 is 22.7 Å². The van der Waals surface area contributed by atoms with Gasteiger partial charge >= 0.3 is 6.09 Å². The van der Waals surface area contributed by atoms with Crippen molar-refractivity contribution in [2.75, 3.05) is 19.6 Å². The Balaban J connectivity index is 2.38. The van der Waals surface area contributed by atoms with Crippen molar-refractivity contribution in [3.8, 4) is 0 Å². The molecule has 4 N–H and O–H groups in total. The standard InChI is InChI=1S/C11H22N4O5S/c1-11(2,3)20-10(17)15-5-4-8(7-15)14-9(16)6-13-21(12,18)19/h8,13H,4-7H2,1-3H3,(H,14,16)(H2,12,18,19)/t8-/m0/s1. The molecule has 1 aliphatic heterocycles. The number of carbonyl (C=O) groups is 2. The number of ether oxygens (including phenoxy) is 1. The molecule has 0 saturated carbocycles. The van der Waals surface area contributed by atoms with Crippen molar-refractivity contribution in [1.29, 1.82) is 0 Å². The van der Waals surface area contributed by atoms with Gasteiger partial charge in [-0.15, -0.1) is 0 Å². The maximum absolute atomic E-state index is 11.8. The Morgan fingerprint density at radius 2 is 2.00 bits per heavy atom. The molecule has 1 heterocycles. The molecule has 0 radical (unpaired) electrons. The van der Waals surface area contributed by atoms with Crippen LogP contribution in [0.4, 0.5) is 4.79 Å². The first kappa shape index (κ1) is 17.7. The molecule has 0 aliphatic carbocycles. The molecular formula is C11H22N4O5S. The molecular weight excluding hydrogens is 300 g/mol. The molecule has 1 saturated heterocycles. The van der Waals surface area contributed by atoms with E-state index >= 15 is 0 Å². The van der Waals surface area contributed by atoms with Crippen molar-refractivity contribution in [2.24, 2.45) is 5.14 Å². The summed E-state index contributed by atoms with van der Waals surface area (Å²) in [7, 11) is -3.89. The minimum atomic E-state index is -3.89. The van der Waals surface area contributed by atoms with Gasteiger partial charge in [0, 0.05) is 19.1 Å². The molecule has 1 rings (SSSR count). The van der Waals surface area contributed by atoms with E-state index in [0.29, 0.717) is 19.5 Å². The second-order valence-electron chi connectivity index (χ2n) is 5.85. The van der Waals surface area contributed by atoms with Crippen molar-refractivity contribution in [3.63, 3.8) is 0 Å². The third-order valence-electron chi connectivity index (χ3n) is 2.64. The number of nitrogens with two attached hydrogens (primary N) is 1. The molecule has 21 heavy (non-hydrogen) atoms. The van der Waals surface area contributed by atoms with E-state index in [9.17, 15) is 18.0 Å². The summed E-state index contributed by atoms with van der Waals surface area (Å²) in [6.07, 6.45) is 0.155. The van der Waals surface area contributed by atoms with E-state index in [1.165, 1.54) is 4.90 Å². The van der Waals surface area contributed by atoms with Crippen LogP contribution in [0.25, 0.3) is 0 Å². The molecule has 0 aromatic carbocycles. The smallest absolute Gasteiger partial charge is 0.410 e. The quantitative estimate of drug-likeness (QED) is 0.605. The Kier molecular flexibility index (Phi) is 5.54. The molecule has 1 aliphatic rings. The van der Waals surface area contributed by atoms with Gasteiger partial charge in [0.1, 0.15) is 5.60 Å². The van der Waals surface area contributed by atoms with Crippen molar-refractivity contribution in [2.45, 2.75) is 38.8 Å². The Morgan fingerprint density at radius 1 is 1.38 bits per heavy atom. The zero-order valence-corrected chi connectivity index (χ0v) is 13.2. The average Bonchev–Trinajstić information content (AvgIpc) is 2.71. The number of carbonyl (C=O) groups excluding carboxylic acids is 2. The number of rotatable bonds is 4. The fourth-order valence-electron chi connectivity index (χ4n) is 1.82. The summed E-state index contributed by atoms with van der Waals surface area (Å²) in [4.78, 5) is 24.9. The summed E-state index contributed by atoms with van der Waals surface area (Å²) in [5.74, 6) is -0.500. The van der Waals surface area contributed by atoms with Gasteiger partial charge in [0.15, 0.2) is 0 Å². The first-order valence-electron chi connectivity index (χ1n) is 6.51. The van der Waals surface area contributed by atoms with Gasteiger partial charge in [-0.05, 0) is 27.2 Å². The predicted octanol–water partition coefficient (Wildman–Crippen LogP) is -1.09. The van der Waals surface area contributed by atoms with E-state index in [2.05, 4.69) is 5.32 Å². The second-order valence-corrected chi connectivity index (χ2v) is 7.22. The third-order valence-corrected chi connectivity index (χ3v) is 3.19. The van der Waals surface area contributed by atoms with Crippen molar-refractivity contribution in [3.05, 3.63) is 0 Å².